The van der Waals surface area contributed by atoms with Crippen molar-refractivity contribution < 1.29 is 18.0 Å². The highest BCUT2D eigenvalue weighted by Crippen LogP contribution is 2.44. The Morgan fingerprint density at radius 2 is 1.97 bits per heavy atom. The molecule has 2 atom stereocenters. The third kappa shape index (κ3) is 4.14. The van der Waals surface area contributed by atoms with E-state index in [-0.39, 0.29) is 24.3 Å². The second-order valence-electron chi connectivity index (χ2n) is 7.85. The Bertz CT molecular complexity index is 1100. The summed E-state index contributed by atoms with van der Waals surface area (Å²) in [6, 6.07) is 4.90. The van der Waals surface area contributed by atoms with Crippen LogP contribution in [0.25, 0.3) is 0 Å². The van der Waals surface area contributed by atoms with Crippen molar-refractivity contribution >= 4 is 11.7 Å². The molecule has 4 rings (SSSR count). The van der Waals surface area contributed by atoms with Gasteiger partial charge in [0.25, 0.3) is 5.91 Å². The van der Waals surface area contributed by atoms with Gasteiger partial charge in [-0.05, 0) is 19.4 Å². The molecule has 1 aromatic carbocycles. The summed E-state index contributed by atoms with van der Waals surface area (Å²) in [5, 5.41) is 14.0. The summed E-state index contributed by atoms with van der Waals surface area (Å²) in [6.45, 7) is 3.95. The number of nitrogens with zero attached hydrogens (tertiary/aromatic N) is 4. The number of alkyl halides is 3. The van der Waals surface area contributed by atoms with Crippen molar-refractivity contribution in [3.8, 4) is 0 Å². The van der Waals surface area contributed by atoms with E-state index >= 15 is 0 Å². The van der Waals surface area contributed by atoms with Gasteiger partial charge in [0.1, 0.15) is 11.4 Å². The molecule has 1 amide bonds. The molecule has 1 aliphatic rings. The van der Waals surface area contributed by atoms with Crippen LogP contribution in [0.5, 0.6) is 0 Å². The predicted molar refractivity (Wildman–Crippen MR) is 109 cm³/mol. The van der Waals surface area contributed by atoms with Gasteiger partial charge in [-0.3, -0.25) is 9.48 Å². The van der Waals surface area contributed by atoms with Gasteiger partial charge in [-0.15, -0.1) is 0 Å². The van der Waals surface area contributed by atoms with Crippen LogP contribution >= 0.6 is 0 Å². The number of amides is 1. The zero-order chi connectivity index (χ0) is 22.3. The van der Waals surface area contributed by atoms with Crippen LogP contribution in [-0.4, -0.2) is 31.6 Å². The molecular formula is C21H23F3N6O. The molecule has 0 radical (unpaired) electrons. The van der Waals surface area contributed by atoms with Gasteiger partial charge in [0, 0.05) is 31.8 Å². The molecule has 164 valence electrons. The number of carbonyl (C=O) groups excluding carboxylic acids is 1. The van der Waals surface area contributed by atoms with E-state index in [1.165, 1.54) is 6.20 Å². The third-order valence-corrected chi connectivity index (χ3v) is 5.52. The molecule has 10 heteroatoms. The molecule has 0 unspecified atom stereocenters. The normalized spacial score (nSPS) is 18.4. The number of benzene rings is 1. The molecule has 0 spiro atoms. The third-order valence-electron chi connectivity index (χ3n) is 5.52. The maximum absolute atomic E-state index is 13.8. The highest BCUT2D eigenvalue weighted by Gasteiger charge is 2.47. The molecule has 0 saturated carbocycles. The first-order valence-electron chi connectivity index (χ1n) is 9.88. The molecule has 31 heavy (non-hydrogen) atoms. The molecule has 0 saturated heterocycles. The number of anilines is 1. The highest BCUT2D eigenvalue weighted by atomic mass is 19.4. The van der Waals surface area contributed by atoms with E-state index in [9.17, 15) is 18.0 Å². The SMILES string of the molecule is Cc1ccc([C@H]2C[C@@H](C(F)(F)F)n3ncc(C(=O)NCc4cn(C)nc4C)c3N2)cc1. The van der Waals surface area contributed by atoms with Gasteiger partial charge in [-0.1, -0.05) is 29.8 Å². The van der Waals surface area contributed by atoms with Crippen LogP contribution in [0.1, 0.15) is 51.2 Å². The Hall–Kier alpha value is -3.30. The van der Waals surface area contributed by atoms with Crippen molar-refractivity contribution in [2.24, 2.45) is 7.05 Å². The number of rotatable bonds is 4. The molecule has 0 aliphatic carbocycles. The number of carbonyl (C=O) groups is 1. The molecule has 1 aliphatic heterocycles. The van der Waals surface area contributed by atoms with E-state index in [2.05, 4.69) is 20.8 Å². The highest BCUT2D eigenvalue weighted by molar-refractivity contribution is 5.98. The molecule has 0 fully saturated rings. The van der Waals surface area contributed by atoms with Crippen LogP contribution in [0.4, 0.5) is 19.0 Å². The maximum atomic E-state index is 13.8. The number of halogens is 3. The fourth-order valence-electron chi connectivity index (χ4n) is 3.84. The van der Waals surface area contributed by atoms with Gasteiger partial charge >= 0.3 is 6.18 Å². The standard InChI is InChI=1S/C21H23F3N6O/c1-12-4-6-14(7-5-12)17-8-18(21(22,23)24)30-19(27-17)16(10-26-30)20(31)25-9-15-11-29(3)28-13(15)2/h4-7,10-11,17-18,27H,8-9H2,1-3H3,(H,25,31)/t17-,18+/m1/s1. The van der Waals surface area contributed by atoms with Gasteiger partial charge < -0.3 is 10.6 Å². The minimum absolute atomic E-state index is 0.0690. The van der Waals surface area contributed by atoms with Crippen molar-refractivity contribution in [2.75, 3.05) is 5.32 Å². The average molecular weight is 432 g/mol. The van der Waals surface area contributed by atoms with Crippen molar-refractivity contribution in [3.05, 3.63) is 64.6 Å². The fourth-order valence-corrected chi connectivity index (χ4v) is 3.84. The van der Waals surface area contributed by atoms with Crippen molar-refractivity contribution in [1.29, 1.82) is 0 Å². The van der Waals surface area contributed by atoms with Crippen LogP contribution in [0, 0.1) is 13.8 Å². The summed E-state index contributed by atoms with van der Waals surface area (Å²) in [4.78, 5) is 12.8. The van der Waals surface area contributed by atoms with Crippen LogP contribution in [-0.2, 0) is 13.6 Å². The lowest BCUT2D eigenvalue weighted by molar-refractivity contribution is -0.173. The van der Waals surface area contributed by atoms with Crippen LogP contribution in [0.2, 0.25) is 0 Å². The van der Waals surface area contributed by atoms with Gasteiger partial charge in [-0.2, -0.15) is 23.4 Å². The molecular weight excluding hydrogens is 409 g/mol. The van der Waals surface area contributed by atoms with Crippen LogP contribution in [0.15, 0.2) is 36.7 Å². The Balaban J connectivity index is 1.62. The monoisotopic (exact) mass is 432 g/mol. The van der Waals surface area contributed by atoms with E-state index in [4.69, 9.17) is 0 Å². The first-order valence-corrected chi connectivity index (χ1v) is 9.88. The van der Waals surface area contributed by atoms with E-state index in [0.29, 0.717) is 0 Å². The summed E-state index contributed by atoms with van der Waals surface area (Å²) in [7, 11) is 1.78. The number of nitrogens with one attached hydrogen (secondary N) is 2. The van der Waals surface area contributed by atoms with E-state index < -0.39 is 24.2 Å². The van der Waals surface area contributed by atoms with Gasteiger partial charge in [-0.25, -0.2) is 4.68 Å². The molecule has 7 nitrogen and oxygen atoms in total. The number of hydrogen-bond acceptors (Lipinski definition) is 4. The first-order chi connectivity index (χ1) is 14.6. The molecule has 3 heterocycles. The lowest BCUT2D eigenvalue weighted by atomic mass is 9.96. The van der Waals surface area contributed by atoms with Crippen molar-refractivity contribution in [1.82, 2.24) is 24.9 Å². The lowest BCUT2D eigenvalue weighted by Gasteiger charge is -2.34. The Morgan fingerprint density at radius 3 is 2.58 bits per heavy atom. The second kappa shape index (κ2) is 7.75. The summed E-state index contributed by atoms with van der Waals surface area (Å²) >= 11 is 0. The number of fused-ring (bicyclic) bond motifs is 1. The summed E-state index contributed by atoms with van der Waals surface area (Å²) in [5.74, 6) is -0.429. The van der Waals surface area contributed by atoms with Crippen molar-refractivity contribution in [3.63, 3.8) is 0 Å². The fraction of sp³-hybridized carbons (Fsp3) is 0.381. The smallest absolute Gasteiger partial charge is 0.363 e. The van der Waals surface area contributed by atoms with Crippen LogP contribution < -0.4 is 10.6 Å². The number of aromatic nitrogens is 4. The number of aryl methyl sites for hydroxylation is 3. The number of hydrogen-bond donors (Lipinski definition) is 2. The zero-order valence-corrected chi connectivity index (χ0v) is 17.4. The Kier molecular flexibility index (Phi) is 5.24. The second-order valence-corrected chi connectivity index (χ2v) is 7.85. The minimum atomic E-state index is -4.49. The summed E-state index contributed by atoms with van der Waals surface area (Å²) < 4.78 is 43.9. The molecule has 3 aromatic rings. The summed E-state index contributed by atoms with van der Waals surface area (Å²) in [5.41, 5.74) is 3.42. The first kappa shape index (κ1) is 21.0. The lowest BCUT2D eigenvalue weighted by Crippen LogP contribution is -2.36. The van der Waals surface area contributed by atoms with Crippen LogP contribution in [0.3, 0.4) is 0 Å². The largest absolute Gasteiger partial charge is 0.410 e. The topological polar surface area (TPSA) is 76.8 Å². The minimum Gasteiger partial charge on any atom is -0.363 e. The Morgan fingerprint density at radius 1 is 1.26 bits per heavy atom. The van der Waals surface area contributed by atoms with Gasteiger partial charge in [0.15, 0.2) is 6.04 Å². The summed E-state index contributed by atoms with van der Waals surface area (Å²) in [6.07, 6.45) is -1.73. The van der Waals surface area contributed by atoms with Gasteiger partial charge in [0.05, 0.1) is 17.9 Å². The molecule has 2 aromatic heterocycles. The predicted octanol–water partition coefficient (Wildman–Crippen LogP) is 3.82. The Labute approximate surface area is 177 Å². The van der Waals surface area contributed by atoms with E-state index in [1.807, 2.05) is 26.0 Å². The molecule has 2 N–H and O–H groups in total. The van der Waals surface area contributed by atoms with Crippen molar-refractivity contribution in [2.45, 2.75) is 45.1 Å². The maximum Gasteiger partial charge on any atom is 0.410 e. The average Bonchev–Trinajstić information content (AvgIpc) is 3.27. The molecule has 0 bridgehead atoms. The van der Waals surface area contributed by atoms with E-state index in [0.717, 1.165) is 27.1 Å². The van der Waals surface area contributed by atoms with Gasteiger partial charge in [0.2, 0.25) is 0 Å². The van der Waals surface area contributed by atoms with E-state index in [1.54, 1.807) is 30.1 Å². The quantitative estimate of drug-likeness (QED) is 0.657. The zero-order valence-electron chi connectivity index (χ0n) is 17.4.